The first kappa shape index (κ1) is 12.2. The molecule has 2 N–H and O–H groups in total. The van der Waals surface area contributed by atoms with E-state index in [0.29, 0.717) is 0 Å². The van der Waals surface area contributed by atoms with Gasteiger partial charge in [-0.15, -0.1) is 0 Å². The quantitative estimate of drug-likeness (QED) is 0.371. The zero-order valence-corrected chi connectivity index (χ0v) is 12.1. The summed E-state index contributed by atoms with van der Waals surface area (Å²) in [4.78, 5) is 4.89. The van der Waals surface area contributed by atoms with Crippen molar-refractivity contribution in [1.29, 1.82) is 0 Å². The molecule has 3 aromatic carbocycles. The average molecular weight is 272 g/mol. The largest absolute Gasteiger partial charge is 0.398 e. The number of fused-ring (bicyclic) bond motifs is 4. The van der Waals surface area contributed by atoms with Crippen molar-refractivity contribution < 1.29 is 0 Å². The SMILES string of the molecule is Cc1c(C)c2c(N)c3ccccc3nc2c2ccccc12. The van der Waals surface area contributed by atoms with E-state index in [0.717, 1.165) is 27.5 Å². The van der Waals surface area contributed by atoms with Crippen molar-refractivity contribution in [1.82, 2.24) is 4.98 Å². The number of para-hydroxylation sites is 1. The lowest BCUT2D eigenvalue weighted by Crippen LogP contribution is -1.97. The lowest BCUT2D eigenvalue weighted by atomic mass is 9.94. The van der Waals surface area contributed by atoms with Crippen LogP contribution >= 0.6 is 0 Å². The number of nitrogens with two attached hydrogens (primary N) is 1. The van der Waals surface area contributed by atoms with Gasteiger partial charge in [-0.2, -0.15) is 0 Å². The van der Waals surface area contributed by atoms with Crippen LogP contribution in [0.2, 0.25) is 0 Å². The normalized spacial score (nSPS) is 11.5. The van der Waals surface area contributed by atoms with Gasteiger partial charge >= 0.3 is 0 Å². The van der Waals surface area contributed by atoms with Crippen molar-refractivity contribution in [2.24, 2.45) is 0 Å². The Morgan fingerprint density at radius 1 is 0.762 bits per heavy atom. The van der Waals surface area contributed by atoms with Gasteiger partial charge in [0.15, 0.2) is 0 Å². The molecule has 1 heterocycles. The van der Waals surface area contributed by atoms with Crippen LogP contribution in [0.15, 0.2) is 48.5 Å². The summed E-state index contributed by atoms with van der Waals surface area (Å²) in [7, 11) is 0. The molecule has 0 fully saturated rings. The Labute approximate surface area is 123 Å². The summed E-state index contributed by atoms with van der Waals surface area (Å²) >= 11 is 0. The Balaban J connectivity index is 2.39. The van der Waals surface area contributed by atoms with Crippen LogP contribution in [-0.2, 0) is 0 Å². The predicted molar refractivity (Wildman–Crippen MR) is 90.6 cm³/mol. The minimum Gasteiger partial charge on any atom is -0.398 e. The Hall–Kier alpha value is -2.61. The molecule has 0 radical (unpaired) electrons. The topological polar surface area (TPSA) is 38.9 Å². The second-order valence-corrected chi connectivity index (χ2v) is 5.56. The molecule has 0 bridgehead atoms. The van der Waals surface area contributed by atoms with Gasteiger partial charge in [-0.05, 0) is 36.4 Å². The minimum atomic E-state index is 0.835. The molecule has 4 rings (SSSR count). The molecule has 2 heteroatoms. The number of benzene rings is 3. The van der Waals surface area contributed by atoms with Gasteiger partial charge in [0.2, 0.25) is 0 Å². The number of aromatic nitrogens is 1. The highest BCUT2D eigenvalue weighted by molar-refractivity contribution is 6.17. The zero-order chi connectivity index (χ0) is 14.6. The van der Waals surface area contributed by atoms with Gasteiger partial charge in [-0.1, -0.05) is 42.5 Å². The van der Waals surface area contributed by atoms with Crippen molar-refractivity contribution >= 4 is 38.3 Å². The average Bonchev–Trinajstić information content (AvgIpc) is 2.52. The van der Waals surface area contributed by atoms with Gasteiger partial charge < -0.3 is 5.73 Å². The summed E-state index contributed by atoms with van der Waals surface area (Å²) in [5, 5.41) is 4.55. The molecule has 1 aromatic heterocycles. The summed E-state index contributed by atoms with van der Waals surface area (Å²) in [5.74, 6) is 0. The van der Waals surface area contributed by atoms with E-state index in [2.05, 4.69) is 38.1 Å². The Morgan fingerprint density at radius 2 is 1.38 bits per heavy atom. The van der Waals surface area contributed by atoms with Gasteiger partial charge in [0, 0.05) is 16.2 Å². The van der Waals surface area contributed by atoms with Crippen molar-refractivity contribution in [3.05, 3.63) is 59.7 Å². The molecule has 0 spiro atoms. The monoisotopic (exact) mass is 272 g/mol. The number of aryl methyl sites for hydroxylation is 2. The van der Waals surface area contributed by atoms with Gasteiger partial charge in [-0.3, -0.25) is 0 Å². The van der Waals surface area contributed by atoms with Crippen molar-refractivity contribution in [3.8, 4) is 0 Å². The number of hydrogen-bond acceptors (Lipinski definition) is 2. The lowest BCUT2D eigenvalue weighted by Gasteiger charge is -2.14. The van der Waals surface area contributed by atoms with Crippen LogP contribution in [0.1, 0.15) is 11.1 Å². The third-order valence-corrected chi connectivity index (χ3v) is 4.46. The second kappa shape index (κ2) is 4.19. The first-order valence-corrected chi connectivity index (χ1v) is 7.14. The molecule has 0 unspecified atom stereocenters. The molecule has 0 amide bonds. The first-order valence-electron chi connectivity index (χ1n) is 7.14. The molecule has 0 atom stereocenters. The summed E-state index contributed by atoms with van der Waals surface area (Å²) < 4.78 is 0. The fourth-order valence-electron chi connectivity index (χ4n) is 3.22. The summed E-state index contributed by atoms with van der Waals surface area (Å²) in [6.45, 7) is 4.29. The van der Waals surface area contributed by atoms with Crippen molar-refractivity contribution in [2.75, 3.05) is 5.73 Å². The van der Waals surface area contributed by atoms with Gasteiger partial charge in [0.1, 0.15) is 0 Å². The van der Waals surface area contributed by atoms with E-state index in [1.54, 1.807) is 0 Å². The van der Waals surface area contributed by atoms with Gasteiger partial charge in [0.25, 0.3) is 0 Å². The van der Waals surface area contributed by atoms with Gasteiger partial charge in [0.05, 0.1) is 16.7 Å². The summed E-state index contributed by atoms with van der Waals surface area (Å²) in [5.41, 5.74) is 11.8. The molecular formula is C19H16N2. The van der Waals surface area contributed by atoms with E-state index in [4.69, 9.17) is 10.7 Å². The standard InChI is InChI=1S/C19H16N2/c1-11-12(2)17-18(20)15-9-5-6-10-16(15)21-19(17)14-8-4-3-7-13(11)14/h3-10H,1-2H3,(H2,20,21). The maximum atomic E-state index is 6.48. The fourth-order valence-corrected chi connectivity index (χ4v) is 3.22. The summed E-state index contributed by atoms with van der Waals surface area (Å²) in [6, 6.07) is 16.5. The molecule has 102 valence electrons. The van der Waals surface area contributed by atoms with Crippen LogP contribution in [0.4, 0.5) is 5.69 Å². The molecule has 0 saturated carbocycles. The zero-order valence-electron chi connectivity index (χ0n) is 12.1. The van der Waals surface area contributed by atoms with Crippen LogP contribution < -0.4 is 5.73 Å². The predicted octanol–water partition coefficient (Wildman–Crippen LogP) is 4.74. The van der Waals surface area contributed by atoms with E-state index < -0.39 is 0 Å². The van der Waals surface area contributed by atoms with Crippen molar-refractivity contribution in [2.45, 2.75) is 13.8 Å². The highest BCUT2D eigenvalue weighted by Gasteiger charge is 2.14. The van der Waals surface area contributed by atoms with Crippen LogP contribution in [0, 0.1) is 13.8 Å². The van der Waals surface area contributed by atoms with Crippen LogP contribution in [0.3, 0.4) is 0 Å². The maximum Gasteiger partial charge on any atom is 0.0811 e. The minimum absolute atomic E-state index is 0.835. The van der Waals surface area contributed by atoms with E-state index >= 15 is 0 Å². The van der Waals surface area contributed by atoms with E-state index in [1.165, 1.54) is 21.9 Å². The molecule has 0 aliphatic carbocycles. The Kier molecular flexibility index (Phi) is 2.43. The number of nitrogen functional groups attached to an aromatic ring is 1. The van der Waals surface area contributed by atoms with Gasteiger partial charge in [-0.25, -0.2) is 4.98 Å². The first-order chi connectivity index (χ1) is 10.2. The summed E-state index contributed by atoms with van der Waals surface area (Å²) in [6.07, 6.45) is 0. The van der Waals surface area contributed by atoms with E-state index in [9.17, 15) is 0 Å². The molecule has 0 aliphatic heterocycles. The Bertz CT molecular complexity index is 1020. The fraction of sp³-hybridized carbons (Fsp3) is 0.105. The van der Waals surface area contributed by atoms with Crippen molar-refractivity contribution in [3.63, 3.8) is 0 Å². The van der Waals surface area contributed by atoms with E-state index in [-0.39, 0.29) is 0 Å². The van der Waals surface area contributed by atoms with Crippen LogP contribution in [0.25, 0.3) is 32.6 Å². The number of anilines is 1. The number of rotatable bonds is 0. The molecule has 4 aromatic rings. The maximum absolute atomic E-state index is 6.48. The van der Waals surface area contributed by atoms with Crippen LogP contribution in [0.5, 0.6) is 0 Å². The lowest BCUT2D eigenvalue weighted by molar-refractivity contribution is 1.40. The molecule has 0 saturated heterocycles. The molecule has 0 aliphatic rings. The second-order valence-electron chi connectivity index (χ2n) is 5.56. The third-order valence-electron chi connectivity index (χ3n) is 4.46. The van der Waals surface area contributed by atoms with E-state index in [1.807, 2.05) is 24.3 Å². The molecule has 21 heavy (non-hydrogen) atoms. The van der Waals surface area contributed by atoms with Crippen LogP contribution in [-0.4, -0.2) is 4.98 Å². The third kappa shape index (κ3) is 1.56. The smallest absolute Gasteiger partial charge is 0.0811 e. The molecule has 2 nitrogen and oxygen atoms in total. The Morgan fingerprint density at radius 3 is 2.14 bits per heavy atom. The molecular weight excluding hydrogens is 256 g/mol. The number of hydrogen-bond donors (Lipinski definition) is 1. The highest BCUT2D eigenvalue weighted by atomic mass is 14.7. The highest BCUT2D eigenvalue weighted by Crippen LogP contribution is 2.37. The number of nitrogens with zero attached hydrogens (tertiary/aromatic N) is 1. The number of pyridine rings is 1.